The van der Waals surface area contributed by atoms with Gasteiger partial charge in [-0.15, -0.1) is 0 Å². The van der Waals surface area contributed by atoms with Crippen molar-refractivity contribution < 1.29 is 29.5 Å². The Morgan fingerprint density at radius 2 is 0.737 bits per heavy atom. The van der Waals surface area contributed by atoms with Crippen molar-refractivity contribution >= 4 is 17.6 Å². The first-order chi connectivity index (χ1) is 8.69. The van der Waals surface area contributed by atoms with E-state index < -0.39 is 13.6 Å². The predicted octanol–water partition coefficient (Wildman–Crippen LogP) is 3.19. The summed E-state index contributed by atoms with van der Waals surface area (Å²) in [7, 11) is -0.343. The van der Waals surface area contributed by atoms with Crippen LogP contribution in [0.4, 0.5) is 0 Å². The van der Waals surface area contributed by atoms with E-state index in [2.05, 4.69) is 41.5 Å². The molecule has 0 unspecified atom stereocenters. The van der Waals surface area contributed by atoms with Crippen molar-refractivity contribution in [3.63, 3.8) is 0 Å². The van der Waals surface area contributed by atoms with E-state index in [-0.39, 0.29) is 17.6 Å². The molecule has 0 aliphatic heterocycles. The zero-order chi connectivity index (χ0) is 15.9. The summed E-state index contributed by atoms with van der Waals surface area (Å²) >= 11 is -5.25. The molecule has 0 amide bonds. The Bertz CT molecular complexity index is 219. The molecule has 0 spiro atoms. The van der Waals surface area contributed by atoms with Gasteiger partial charge in [0.15, 0.2) is 0 Å². The average Bonchev–Trinajstić information content (AvgIpc) is 2.32. The van der Waals surface area contributed by atoms with Crippen LogP contribution in [0.5, 0.6) is 0 Å². The normalized spacial score (nSPS) is 10.6. The molecule has 0 heterocycles. The maximum absolute atomic E-state index is 8.82. The van der Waals surface area contributed by atoms with Gasteiger partial charge in [0.25, 0.3) is 0 Å². The summed E-state index contributed by atoms with van der Waals surface area (Å²) in [6.07, 6.45) is 0. The molecular weight excluding hydrogens is 316 g/mol. The summed E-state index contributed by atoms with van der Waals surface area (Å²) in [4.78, 5) is 0. The standard InChI is InChI=1S/2C6H16Si.Cr.2H2O.2O/c2*1-4-7(5-2)6-3;;;;;/h2*7H,4-6H2,1-3H3;;2*1H2;;/q;;+2;;;;/p-2. The molecule has 4 nitrogen and oxygen atoms in total. The second-order valence-electron chi connectivity index (χ2n) is 4.63. The molecule has 0 aromatic heterocycles. The Hall–Kier alpha value is 0.486. The second kappa shape index (κ2) is 16.5. The molecule has 0 fully saturated rings. The first-order valence-corrected chi connectivity index (χ1v) is 14.5. The molecule has 7 heteroatoms. The first-order valence-electron chi connectivity index (χ1n) is 7.39. The number of hydrogen-bond donors (Lipinski definition) is 2. The zero-order valence-corrected chi connectivity index (χ0v) is 17.1. The molecule has 0 rings (SSSR count). The number of hydrogen-bond acceptors (Lipinski definition) is 2. The van der Waals surface area contributed by atoms with E-state index >= 15 is 0 Å². The number of rotatable bonds is 6. The summed E-state index contributed by atoms with van der Waals surface area (Å²) in [6, 6.07) is 8.96. The zero-order valence-electron chi connectivity index (χ0n) is 13.5. The van der Waals surface area contributed by atoms with Crippen LogP contribution in [0.2, 0.25) is 36.3 Å². The second-order valence-corrected chi connectivity index (χ2v) is 14.4. The van der Waals surface area contributed by atoms with Gasteiger partial charge in [0.2, 0.25) is 0 Å². The first kappa shape index (κ1) is 24.5. The van der Waals surface area contributed by atoms with Crippen molar-refractivity contribution in [2.24, 2.45) is 0 Å². The Balaban J connectivity index is -0.000000206. The fraction of sp³-hybridized carbons (Fsp3) is 1.00. The van der Waals surface area contributed by atoms with E-state index in [1.54, 1.807) is 0 Å². The minimum absolute atomic E-state index is 0.171. The van der Waals surface area contributed by atoms with Gasteiger partial charge < -0.3 is 0 Å². The minimum atomic E-state index is -5.25. The topological polar surface area (TPSA) is 74.6 Å². The van der Waals surface area contributed by atoms with Crippen LogP contribution in [0.3, 0.4) is 0 Å². The van der Waals surface area contributed by atoms with Crippen molar-refractivity contribution in [1.29, 1.82) is 0 Å². The monoisotopic (exact) mass is 350 g/mol. The third kappa shape index (κ3) is 32.2. The van der Waals surface area contributed by atoms with Crippen LogP contribution in [0.1, 0.15) is 41.5 Å². The quantitative estimate of drug-likeness (QED) is 0.722. The Labute approximate surface area is 125 Å². The van der Waals surface area contributed by atoms with E-state index in [4.69, 9.17) is 15.9 Å². The fourth-order valence-electron chi connectivity index (χ4n) is 1.73. The van der Waals surface area contributed by atoms with Crippen molar-refractivity contribution in [3.05, 3.63) is 0 Å². The van der Waals surface area contributed by atoms with Crippen molar-refractivity contribution in [2.45, 2.75) is 77.8 Å². The summed E-state index contributed by atoms with van der Waals surface area (Å²) < 4.78 is 31.9. The fourth-order valence-corrected chi connectivity index (χ4v) is 5.20. The molecule has 0 aliphatic carbocycles. The van der Waals surface area contributed by atoms with Crippen LogP contribution < -0.4 is 0 Å². The van der Waals surface area contributed by atoms with E-state index in [0.717, 1.165) is 0 Å². The Kier molecular flexibility index (Phi) is 21.3. The van der Waals surface area contributed by atoms with E-state index in [9.17, 15) is 0 Å². The molecule has 120 valence electrons. The van der Waals surface area contributed by atoms with Gasteiger partial charge in [-0.1, -0.05) is 77.8 Å². The molecule has 0 aromatic rings. The molecule has 0 radical (unpaired) electrons. The van der Waals surface area contributed by atoms with Crippen LogP contribution in [-0.2, 0) is 21.2 Å². The van der Waals surface area contributed by atoms with E-state index in [1.165, 1.54) is 36.3 Å². The van der Waals surface area contributed by atoms with Crippen molar-refractivity contribution in [2.75, 3.05) is 0 Å². The van der Waals surface area contributed by atoms with Crippen molar-refractivity contribution in [1.82, 2.24) is 0 Å². The summed E-state index contributed by atoms with van der Waals surface area (Å²) in [6.45, 7) is 13.9. The maximum atomic E-state index is 8.82. The molecular formula is C12H34CrO4Si2. The van der Waals surface area contributed by atoms with Gasteiger partial charge in [-0.3, -0.25) is 0 Å². The van der Waals surface area contributed by atoms with Gasteiger partial charge >= 0.3 is 29.5 Å². The molecule has 0 saturated heterocycles. The molecule has 0 aromatic carbocycles. The third-order valence-electron chi connectivity index (χ3n) is 3.46. The van der Waals surface area contributed by atoms with Gasteiger partial charge in [0, 0.05) is 17.6 Å². The SMILES string of the molecule is CC[SiH](CC)CC.CC[SiH](CC)CC.[O]=[Cr](=[O])([OH])[OH]. The molecule has 0 atom stereocenters. The predicted molar refractivity (Wildman–Crippen MR) is 83.0 cm³/mol. The molecule has 19 heavy (non-hydrogen) atoms. The van der Waals surface area contributed by atoms with Gasteiger partial charge in [0.1, 0.15) is 0 Å². The summed E-state index contributed by atoms with van der Waals surface area (Å²) in [5.41, 5.74) is 0. The van der Waals surface area contributed by atoms with Crippen LogP contribution in [0, 0.1) is 0 Å². The molecule has 0 bridgehead atoms. The van der Waals surface area contributed by atoms with Gasteiger partial charge in [-0.2, -0.15) is 0 Å². The molecule has 2 N–H and O–H groups in total. The van der Waals surface area contributed by atoms with Gasteiger partial charge in [0.05, 0.1) is 0 Å². The van der Waals surface area contributed by atoms with Gasteiger partial charge in [-0.05, 0) is 0 Å². The van der Waals surface area contributed by atoms with E-state index in [0.29, 0.717) is 0 Å². The van der Waals surface area contributed by atoms with Crippen LogP contribution in [0.25, 0.3) is 0 Å². The van der Waals surface area contributed by atoms with Crippen LogP contribution >= 0.6 is 0 Å². The molecule has 0 saturated carbocycles. The third-order valence-corrected chi connectivity index (χ3v) is 10.4. The Morgan fingerprint density at radius 3 is 0.737 bits per heavy atom. The Morgan fingerprint density at radius 1 is 0.632 bits per heavy atom. The van der Waals surface area contributed by atoms with E-state index in [1.807, 2.05) is 0 Å². The average molecular weight is 351 g/mol. The van der Waals surface area contributed by atoms with Crippen LogP contribution in [-0.4, -0.2) is 25.9 Å². The molecule has 0 aliphatic rings. The summed E-state index contributed by atoms with van der Waals surface area (Å²) in [5.74, 6) is 0. The summed E-state index contributed by atoms with van der Waals surface area (Å²) in [5, 5.41) is 0. The van der Waals surface area contributed by atoms with Gasteiger partial charge in [-0.25, -0.2) is 0 Å². The van der Waals surface area contributed by atoms with Crippen molar-refractivity contribution in [3.8, 4) is 0 Å². The van der Waals surface area contributed by atoms with Crippen LogP contribution in [0.15, 0.2) is 0 Å².